The normalized spacial score (nSPS) is 11.9. The van der Waals surface area contributed by atoms with Crippen molar-refractivity contribution in [1.82, 2.24) is 4.57 Å². The Morgan fingerprint density at radius 1 is 1.19 bits per heavy atom. The van der Waals surface area contributed by atoms with Gasteiger partial charge >= 0.3 is 11.0 Å². The molecule has 0 saturated heterocycles. The Kier molecular flexibility index (Phi) is 7.32. The lowest BCUT2D eigenvalue weighted by atomic mass is 10.3. The van der Waals surface area contributed by atoms with Gasteiger partial charge in [0.05, 0.1) is 28.4 Å². The van der Waals surface area contributed by atoms with E-state index in [1.54, 1.807) is 29.7 Å². The topological polar surface area (TPSA) is 113 Å². The van der Waals surface area contributed by atoms with Crippen LogP contribution in [0.1, 0.15) is 18.7 Å². The molecule has 11 heteroatoms. The lowest BCUT2D eigenvalue weighted by Gasteiger charge is -2.06. The van der Waals surface area contributed by atoms with Crippen LogP contribution >= 0.6 is 22.7 Å². The molecule has 0 atom stereocenters. The Labute approximate surface area is 185 Å². The van der Waals surface area contributed by atoms with Crippen molar-refractivity contribution in [3.8, 4) is 5.75 Å². The molecule has 162 valence electrons. The Morgan fingerprint density at radius 3 is 2.68 bits per heavy atom. The molecule has 31 heavy (non-hydrogen) atoms. The number of amides is 1. The van der Waals surface area contributed by atoms with E-state index in [1.807, 2.05) is 13.0 Å². The highest BCUT2D eigenvalue weighted by Crippen LogP contribution is 2.25. The molecule has 1 amide bonds. The lowest BCUT2D eigenvalue weighted by Crippen LogP contribution is -2.22. The van der Waals surface area contributed by atoms with Gasteiger partial charge < -0.3 is 14.0 Å². The first-order chi connectivity index (χ1) is 14.9. The number of aromatic nitrogens is 1. The summed E-state index contributed by atoms with van der Waals surface area (Å²) in [5.74, 6) is -0.312. The van der Waals surface area contributed by atoms with Crippen LogP contribution in [0.15, 0.2) is 41.4 Å². The highest BCUT2D eigenvalue weighted by molar-refractivity contribution is 7.16. The Balaban J connectivity index is 1.95. The molecule has 0 spiro atoms. The van der Waals surface area contributed by atoms with Gasteiger partial charge in [-0.2, -0.15) is 4.99 Å². The molecule has 0 radical (unpaired) electrons. The second-order valence-electron chi connectivity index (χ2n) is 6.05. The zero-order valence-corrected chi connectivity index (χ0v) is 18.4. The highest BCUT2D eigenvalue weighted by atomic mass is 32.1. The van der Waals surface area contributed by atoms with Crippen molar-refractivity contribution in [2.24, 2.45) is 4.99 Å². The van der Waals surface area contributed by atoms with Crippen LogP contribution in [0.2, 0.25) is 0 Å². The molecular formula is C20H19N3O6S2. The summed E-state index contributed by atoms with van der Waals surface area (Å²) in [4.78, 5) is 39.8. The summed E-state index contributed by atoms with van der Waals surface area (Å²) in [6, 6.07) is 8.36. The second kappa shape index (κ2) is 10.1. The van der Waals surface area contributed by atoms with Gasteiger partial charge in [-0.05, 0) is 44.2 Å². The van der Waals surface area contributed by atoms with E-state index in [-0.39, 0.29) is 18.2 Å². The van der Waals surface area contributed by atoms with Crippen LogP contribution in [0.5, 0.6) is 5.75 Å². The zero-order chi connectivity index (χ0) is 22.4. The number of fused-ring (bicyclic) bond motifs is 1. The van der Waals surface area contributed by atoms with Gasteiger partial charge in [-0.15, -0.1) is 0 Å². The minimum atomic E-state index is -0.551. The monoisotopic (exact) mass is 461 g/mol. The van der Waals surface area contributed by atoms with E-state index in [4.69, 9.17) is 9.47 Å². The van der Waals surface area contributed by atoms with Crippen molar-refractivity contribution in [3.05, 3.63) is 56.2 Å². The van der Waals surface area contributed by atoms with Gasteiger partial charge in [-0.1, -0.05) is 22.7 Å². The van der Waals surface area contributed by atoms with Crippen molar-refractivity contribution in [1.29, 1.82) is 0 Å². The number of rotatable bonds is 8. The molecule has 0 saturated carbocycles. The van der Waals surface area contributed by atoms with Crippen LogP contribution in [0, 0.1) is 10.1 Å². The summed E-state index contributed by atoms with van der Waals surface area (Å²) >= 11 is 2.21. The minimum Gasteiger partial charge on any atom is -0.494 e. The fraction of sp³-hybridized carbons (Fsp3) is 0.250. The molecule has 0 N–H and O–H groups in total. The second-order valence-corrected chi connectivity index (χ2v) is 8.16. The molecular weight excluding hydrogens is 442 g/mol. The summed E-state index contributed by atoms with van der Waals surface area (Å²) in [6.07, 6.45) is 2.71. The third-order valence-corrected chi connectivity index (χ3v) is 5.99. The Morgan fingerprint density at radius 2 is 2.00 bits per heavy atom. The average molecular weight is 462 g/mol. The van der Waals surface area contributed by atoms with Crippen LogP contribution in [0.3, 0.4) is 0 Å². The van der Waals surface area contributed by atoms with Gasteiger partial charge in [0.25, 0.3) is 5.91 Å². The number of nitro groups is 1. The van der Waals surface area contributed by atoms with Crippen molar-refractivity contribution in [2.75, 3.05) is 13.2 Å². The maximum atomic E-state index is 12.4. The molecule has 3 aromatic rings. The van der Waals surface area contributed by atoms with Crippen LogP contribution in [-0.4, -0.2) is 34.6 Å². The van der Waals surface area contributed by atoms with Gasteiger partial charge in [0, 0.05) is 17.0 Å². The summed E-state index contributed by atoms with van der Waals surface area (Å²) in [5, 5.41) is 10.8. The van der Waals surface area contributed by atoms with Crippen LogP contribution in [-0.2, 0) is 20.9 Å². The van der Waals surface area contributed by atoms with Crippen LogP contribution in [0.25, 0.3) is 16.3 Å². The minimum absolute atomic E-state index is 0.00840. The average Bonchev–Trinajstić information content (AvgIpc) is 3.32. The number of ether oxygens (including phenoxy) is 2. The first kappa shape index (κ1) is 22.4. The van der Waals surface area contributed by atoms with Gasteiger partial charge in [0.1, 0.15) is 12.3 Å². The molecule has 0 fully saturated rings. The van der Waals surface area contributed by atoms with Gasteiger partial charge in [0.15, 0.2) is 4.80 Å². The Bertz CT molecular complexity index is 1220. The van der Waals surface area contributed by atoms with E-state index >= 15 is 0 Å². The van der Waals surface area contributed by atoms with Crippen molar-refractivity contribution < 1.29 is 24.0 Å². The van der Waals surface area contributed by atoms with Crippen molar-refractivity contribution >= 4 is 55.8 Å². The maximum absolute atomic E-state index is 12.4. The number of nitrogens with zero attached hydrogens (tertiary/aromatic N) is 3. The number of thiophene rings is 1. The number of hydrogen-bond donors (Lipinski definition) is 0. The van der Waals surface area contributed by atoms with Crippen LogP contribution in [0.4, 0.5) is 5.00 Å². The largest absolute Gasteiger partial charge is 0.494 e. The third kappa shape index (κ3) is 5.64. The fourth-order valence-electron chi connectivity index (χ4n) is 2.70. The van der Waals surface area contributed by atoms with Crippen LogP contribution < -0.4 is 9.54 Å². The molecule has 0 aliphatic carbocycles. The van der Waals surface area contributed by atoms with E-state index in [1.165, 1.54) is 29.6 Å². The molecule has 0 aliphatic rings. The first-order valence-corrected chi connectivity index (χ1v) is 11.0. The van der Waals surface area contributed by atoms with Gasteiger partial charge in [-0.25, -0.2) is 0 Å². The third-order valence-electron chi connectivity index (χ3n) is 3.95. The molecule has 9 nitrogen and oxygen atoms in total. The number of thiazole rings is 1. The molecule has 0 unspecified atom stereocenters. The number of benzene rings is 1. The summed E-state index contributed by atoms with van der Waals surface area (Å²) in [5.41, 5.74) is 0.728. The predicted octanol–water partition coefficient (Wildman–Crippen LogP) is 3.78. The molecule has 2 aromatic heterocycles. The Hall–Kier alpha value is -3.31. The maximum Gasteiger partial charge on any atom is 0.326 e. The SMILES string of the molecule is CCOC(=O)Cn1c(=NC(=O)/C=C\c2ccc([N+](=O)[O-])s2)sc2cc(OCC)ccc21. The smallest absolute Gasteiger partial charge is 0.326 e. The summed E-state index contributed by atoms with van der Waals surface area (Å²) in [6.45, 7) is 4.28. The summed E-state index contributed by atoms with van der Waals surface area (Å²) < 4.78 is 13.0. The van der Waals surface area contributed by atoms with Crippen molar-refractivity contribution in [2.45, 2.75) is 20.4 Å². The number of carbonyl (C=O) groups excluding carboxylic acids is 2. The fourth-order valence-corrected chi connectivity index (χ4v) is 4.49. The number of hydrogen-bond acceptors (Lipinski definition) is 8. The first-order valence-electron chi connectivity index (χ1n) is 9.34. The zero-order valence-electron chi connectivity index (χ0n) is 16.8. The number of carbonyl (C=O) groups is 2. The molecule has 3 rings (SSSR count). The highest BCUT2D eigenvalue weighted by Gasteiger charge is 2.13. The number of esters is 1. The lowest BCUT2D eigenvalue weighted by molar-refractivity contribution is -0.380. The molecule has 0 bridgehead atoms. The standard InChI is InChI=1S/C20H19N3O6S2/c1-3-28-13-5-8-15-16(11-13)31-20(22(15)12-19(25)29-4-2)21-17(24)9-6-14-7-10-18(30-14)23(26)27/h5-11H,3-4,12H2,1-2H3/b9-6-,21-20?. The molecule has 1 aromatic carbocycles. The van der Waals surface area contributed by atoms with E-state index in [0.29, 0.717) is 22.0 Å². The van der Waals surface area contributed by atoms with E-state index < -0.39 is 16.8 Å². The van der Waals surface area contributed by atoms with Gasteiger partial charge in [-0.3, -0.25) is 19.7 Å². The van der Waals surface area contributed by atoms with Gasteiger partial charge in [0.2, 0.25) is 0 Å². The quantitative estimate of drug-likeness (QED) is 0.218. The molecule has 0 aliphatic heterocycles. The molecule has 2 heterocycles. The van der Waals surface area contributed by atoms with E-state index in [2.05, 4.69) is 4.99 Å². The van der Waals surface area contributed by atoms with E-state index in [9.17, 15) is 19.7 Å². The summed E-state index contributed by atoms with van der Waals surface area (Å²) in [7, 11) is 0. The van der Waals surface area contributed by atoms with Crippen molar-refractivity contribution in [3.63, 3.8) is 0 Å². The van der Waals surface area contributed by atoms with E-state index in [0.717, 1.165) is 21.6 Å². The predicted molar refractivity (Wildman–Crippen MR) is 118 cm³/mol.